The number of Topliss-reactive ketones (excluding diaryl/α,β-unsaturated/α-hetero) is 2. The van der Waals surface area contributed by atoms with E-state index in [-0.39, 0.29) is 105 Å². The van der Waals surface area contributed by atoms with Crippen molar-refractivity contribution in [3.05, 3.63) is 298 Å². The minimum atomic E-state index is -0.431. The molecule has 0 fully saturated rings. The molecule has 20 nitrogen and oxygen atoms in total. The summed E-state index contributed by atoms with van der Waals surface area (Å²) in [6.07, 6.45) is 6.07. The molecule has 4 N–H and O–H groups in total. The third-order valence-electron chi connectivity index (χ3n) is 17.4. The first-order valence-corrected chi connectivity index (χ1v) is 38.7. The zero-order chi connectivity index (χ0) is 83.0. The second kappa shape index (κ2) is 40.9. The molecule has 4 heterocycles. The summed E-state index contributed by atoms with van der Waals surface area (Å²) in [6.45, 7) is 31.0. The first kappa shape index (κ1) is 86.7. The Morgan fingerprint density at radius 1 is 0.447 bits per heavy atom. The number of para-hydroxylation sites is 3. The van der Waals surface area contributed by atoms with E-state index < -0.39 is 4.92 Å². The molecule has 0 saturated heterocycles. The van der Waals surface area contributed by atoms with Crippen molar-refractivity contribution in [2.24, 2.45) is 0 Å². The number of fused-ring (bicyclic) bond motifs is 9. The number of non-ortho nitro benzene ring substituents is 1. The highest BCUT2D eigenvalue weighted by Crippen LogP contribution is 2.41. The Kier molecular flexibility index (Phi) is 31.1. The van der Waals surface area contributed by atoms with Gasteiger partial charge >= 0.3 is 5.63 Å². The van der Waals surface area contributed by atoms with Crippen LogP contribution in [0.4, 0.5) is 11.4 Å². The van der Waals surface area contributed by atoms with Crippen LogP contribution in [0.1, 0.15) is 193 Å². The monoisotopic (exact) mass is 1540 g/mol. The number of allylic oxidation sites excluding steroid dienone is 2. The number of hydrogen-bond donors (Lipinski definition) is 4. The van der Waals surface area contributed by atoms with Crippen molar-refractivity contribution in [1.82, 2.24) is 4.98 Å². The number of carbonyl (C=O) groups excluding carboxylic acids is 4. The van der Waals surface area contributed by atoms with Crippen LogP contribution in [0.15, 0.2) is 236 Å². The molecular formula is C94H101N3O17. The van der Waals surface area contributed by atoms with Crippen LogP contribution < -0.4 is 40.1 Å². The van der Waals surface area contributed by atoms with Gasteiger partial charge in [0.25, 0.3) is 5.69 Å². The first-order chi connectivity index (χ1) is 54.8. The molecule has 3 aliphatic carbocycles. The quantitative estimate of drug-likeness (QED) is 0.0383. The van der Waals surface area contributed by atoms with Crippen LogP contribution in [-0.4, -0.2) is 73.8 Å². The maximum atomic E-state index is 12.7. The Morgan fingerprint density at radius 2 is 0.982 bits per heavy atom. The number of hydrogen-bond acceptors (Lipinski definition) is 18. The van der Waals surface area contributed by atoms with Gasteiger partial charge in [0.2, 0.25) is 17.0 Å². The molecular weight excluding hydrogens is 1440 g/mol. The van der Waals surface area contributed by atoms with Crippen LogP contribution in [0.2, 0.25) is 0 Å². The molecule has 594 valence electrons. The third-order valence-corrected chi connectivity index (χ3v) is 17.4. The molecule has 0 atom stereocenters. The summed E-state index contributed by atoms with van der Waals surface area (Å²) in [4.78, 5) is 87.8. The largest absolute Gasteiger partial charge is 0.504 e. The number of nitro groups is 1. The van der Waals surface area contributed by atoms with Gasteiger partial charge in [0, 0.05) is 97.3 Å². The average Bonchev–Trinajstić information content (AvgIpc) is 0.770. The smallest absolute Gasteiger partial charge is 0.339 e. The molecule has 114 heavy (non-hydrogen) atoms. The lowest BCUT2D eigenvalue weighted by molar-refractivity contribution is -0.384. The summed E-state index contributed by atoms with van der Waals surface area (Å²) in [5.41, 5.74) is 9.76. The summed E-state index contributed by atoms with van der Waals surface area (Å²) >= 11 is 0. The Hall–Kier alpha value is -12.8. The zero-order valence-corrected chi connectivity index (χ0v) is 67.5. The van der Waals surface area contributed by atoms with Gasteiger partial charge in [-0.05, 0) is 173 Å². The Balaban J connectivity index is 0.000000170. The number of nitrogens with zero attached hydrogens (tertiary/aromatic N) is 1. The predicted octanol–water partition coefficient (Wildman–Crippen LogP) is 21.8. The predicted molar refractivity (Wildman–Crippen MR) is 450 cm³/mol. The molecule has 16 rings (SSSR count). The van der Waals surface area contributed by atoms with E-state index in [4.69, 9.17) is 32.5 Å². The van der Waals surface area contributed by atoms with Gasteiger partial charge in [0.05, 0.1) is 52.1 Å². The summed E-state index contributed by atoms with van der Waals surface area (Å²) in [5, 5.41) is 36.0. The molecule has 9 aromatic carbocycles. The molecule has 4 aliphatic rings. The Morgan fingerprint density at radius 3 is 1.60 bits per heavy atom. The van der Waals surface area contributed by atoms with Crippen molar-refractivity contribution >= 4 is 67.3 Å². The summed E-state index contributed by atoms with van der Waals surface area (Å²) in [6, 6.07) is 58.6. The fraction of sp³-hybridized carbons (Fsp3) is 0.277. The van der Waals surface area contributed by atoms with Gasteiger partial charge in [-0.1, -0.05) is 157 Å². The first-order valence-electron chi connectivity index (χ1n) is 38.7. The lowest BCUT2D eigenvalue weighted by Gasteiger charge is -2.22. The lowest BCUT2D eigenvalue weighted by atomic mass is 9.83. The minimum Gasteiger partial charge on any atom is -0.504 e. The molecule has 3 aromatic heterocycles. The number of ketones is 4. The number of carbonyl (C=O) groups is 4. The van der Waals surface area contributed by atoms with Crippen molar-refractivity contribution in [2.75, 3.05) is 5.32 Å². The van der Waals surface area contributed by atoms with Gasteiger partial charge in [0.1, 0.15) is 22.7 Å². The average molecular weight is 1540 g/mol. The molecule has 0 bridgehead atoms. The number of benzene rings is 9. The third kappa shape index (κ3) is 21.0. The van der Waals surface area contributed by atoms with Gasteiger partial charge in [-0.3, -0.25) is 34.1 Å². The van der Waals surface area contributed by atoms with E-state index in [1.807, 2.05) is 206 Å². The molecule has 0 radical (unpaired) electrons. The zero-order valence-electron chi connectivity index (χ0n) is 67.5. The number of nitro benzene ring substituents is 1. The fourth-order valence-corrected chi connectivity index (χ4v) is 12.7. The number of phenolic OH excluding ortho intramolecular Hbond substituents is 2. The normalized spacial score (nSPS) is 13.0. The van der Waals surface area contributed by atoms with Crippen molar-refractivity contribution in [2.45, 2.75) is 173 Å². The van der Waals surface area contributed by atoms with Crippen molar-refractivity contribution < 1.29 is 66.8 Å². The van der Waals surface area contributed by atoms with Crippen LogP contribution in [-0.2, 0) is 19.3 Å². The van der Waals surface area contributed by atoms with E-state index in [0.717, 1.165) is 75.7 Å². The standard InChI is InChI=1S/C18H16O3.C17H11NO2.C17H14O4.C16H18O4.C11H13NO.C9H11NO3.3C2H6/c1-12(2)20-18-16(19)14-10-6-7-11-15(14)21-17(18)13-8-4-3-5-9-13;19-16-11-6-2-1-5-10(11)9-13(16)15-17(20)12-7-3-4-8-14(12)18-15;1-9(2)21-17-13(18)8-7-12-14(17)16(20)11-6-4-3-5-10(11)15(12)19;1-9(2)19-15-8-14-12(7-13(15)17)10-5-3-4-6-11(10)16(18)20-14;1-8(2)13-11-7-12-10-6-4-3-5-9(10)11;1-7(2)13-9-5-3-8(4-6-9)10(11)12;3*1-2/h3-12H,1-2H3;1-8,18H,9H2;3-9,18H,1-2H3;7-9,17H,3-6H2,1-2H3;3-8,12H,1-2H3;3-7H,1-2H3;3*1-2H3/b;15-13-;;;;;;;. The Bertz CT molecular complexity index is 5440. The fourth-order valence-electron chi connectivity index (χ4n) is 12.7. The summed E-state index contributed by atoms with van der Waals surface area (Å²) < 4.78 is 39.1. The van der Waals surface area contributed by atoms with E-state index in [1.165, 1.54) is 24.3 Å². The van der Waals surface area contributed by atoms with Crippen LogP contribution in [0.3, 0.4) is 0 Å². The summed E-state index contributed by atoms with van der Waals surface area (Å²) in [7, 11) is 0. The summed E-state index contributed by atoms with van der Waals surface area (Å²) in [5.74, 6) is 2.08. The lowest BCUT2D eigenvalue weighted by Crippen LogP contribution is -2.22. The Labute approximate surface area is 664 Å². The maximum Gasteiger partial charge on any atom is 0.339 e. The van der Waals surface area contributed by atoms with Crippen LogP contribution in [0, 0.1) is 10.1 Å². The molecule has 0 spiro atoms. The number of aryl methyl sites for hydroxylation is 1. The molecule has 0 saturated carbocycles. The highest BCUT2D eigenvalue weighted by molar-refractivity contribution is 6.29. The molecule has 20 heteroatoms. The van der Waals surface area contributed by atoms with E-state index in [0.29, 0.717) is 73.8 Å². The second-order valence-corrected chi connectivity index (χ2v) is 27.2. The highest BCUT2D eigenvalue weighted by Gasteiger charge is 2.36. The van der Waals surface area contributed by atoms with E-state index >= 15 is 0 Å². The van der Waals surface area contributed by atoms with Crippen molar-refractivity contribution in [3.63, 3.8) is 0 Å². The topological polar surface area (TPSA) is 286 Å². The van der Waals surface area contributed by atoms with Gasteiger partial charge in [-0.2, -0.15) is 0 Å². The number of aromatic amines is 1. The number of rotatable bonds is 12. The van der Waals surface area contributed by atoms with Crippen LogP contribution >= 0.6 is 0 Å². The minimum absolute atomic E-state index is 0.0377. The van der Waals surface area contributed by atoms with E-state index in [2.05, 4.69) is 16.4 Å². The van der Waals surface area contributed by atoms with E-state index in [1.54, 1.807) is 80.6 Å². The van der Waals surface area contributed by atoms with Crippen molar-refractivity contribution in [3.8, 4) is 51.6 Å². The molecule has 12 aromatic rings. The number of ether oxygens (including phenoxy) is 5. The SMILES string of the molecule is CC.CC.CC.CC(C)Oc1c(-c2ccccc2)oc2ccccc2c1=O.CC(C)Oc1c(O)ccc2c1C(=O)c1ccccc1C2=O.CC(C)Oc1c[nH]c2ccccc12.CC(C)Oc1cc2oc(=O)c3c(c2cc1O)CCCC3.CC(C)Oc1ccc([N+](=O)[O-])cc1.O=C1/C(=C2\Nc3ccccc3C2=O)Cc2ccccc21. The highest BCUT2D eigenvalue weighted by atomic mass is 16.6. The number of nitrogens with one attached hydrogen (secondary N) is 2. The number of anilines is 1. The number of aromatic nitrogens is 1. The molecule has 1 aliphatic heterocycles. The van der Waals surface area contributed by atoms with Gasteiger partial charge < -0.3 is 53.0 Å². The van der Waals surface area contributed by atoms with Crippen LogP contribution in [0.25, 0.3) is 44.2 Å². The number of aromatic hydroxyl groups is 2. The molecule has 0 amide bonds. The van der Waals surface area contributed by atoms with Gasteiger partial charge in [0.15, 0.2) is 46.1 Å². The van der Waals surface area contributed by atoms with Gasteiger partial charge in [-0.15, -0.1) is 0 Å². The molecule has 0 unspecified atom stereocenters. The van der Waals surface area contributed by atoms with Crippen LogP contribution in [0.5, 0.6) is 40.2 Å². The second-order valence-electron chi connectivity index (χ2n) is 27.2. The number of H-pyrrole nitrogens is 1. The van der Waals surface area contributed by atoms with Gasteiger partial charge in [-0.25, -0.2) is 4.79 Å². The van der Waals surface area contributed by atoms with E-state index in [9.17, 15) is 49.1 Å². The van der Waals surface area contributed by atoms with Crippen molar-refractivity contribution in [1.29, 1.82) is 0 Å². The number of phenols is 2. The maximum absolute atomic E-state index is 12.7.